The number of thiophene rings is 1. The molecule has 2 aromatic heterocycles. The molecule has 0 saturated heterocycles. The number of hydrogen-bond donors (Lipinski definition) is 0. The molecule has 0 aliphatic carbocycles. The molecular formula is C21H21Cl2NO4S. The maximum atomic E-state index is 12.6. The van der Waals surface area contributed by atoms with E-state index in [9.17, 15) is 9.59 Å². The third-order valence-corrected chi connectivity index (χ3v) is 6.96. The van der Waals surface area contributed by atoms with Crippen LogP contribution in [0, 0.1) is 13.8 Å². The van der Waals surface area contributed by atoms with E-state index < -0.39 is 5.97 Å². The summed E-state index contributed by atoms with van der Waals surface area (Å²) in [5.74, 6) is -0.401. The fourth-order valence-corrected chi connectivity index (χ4v) is 5.07. The third-order valence-electron chi connectivity index (χ3n) is 4.76. The second-order valence-corrected chi connectivity index (χ2v) is 8.42. The first kappa shape index (κ1) is 21.7. The monoisotopic (exact) mass is 453 g/mol. The smallest absolute Gasteiger partial charge is 0.350 e. The standard InChI is InChI=1S/C21H21Cl2NO4S/c1-5-8-24-11(2)9-14(12(24)3)15(25)10-28-21(26)20-17(22)13-6-7-16(27-4)18(23)19(13)29-20/h6-7,9H,5,8,10H2,1-4H3. The van der Waals surface area contributed by atoms with Gasteiger partial charge < -0.3 is 14.0 Å². The van der Waals surface area contributed by atoms with E-state index in [0.717, 1.165) is 35.7 Å². The SMILES string of the molecule is CCCn1c(C)cc(C(=O)COC(=O)c2sc3c(Cl)c(OC)ccc3c2Cl)c1C. The predicted octanol–water partition coefficient (Wildman–Crippen LogP) is 6.08. The lowest BCUT2D eigenvalue weighted by Crippen LogP contribution is -2.14. The Hall–Kier alpha value is -2.02. The average Bonchev–Trinajstić information content (AvgIpc) is 3.19. The third kappa shape index (κ3) is 4.02. The van der Waals surface area contributed by atoms with Gasteiger partial charge in [-0.3, -0.25) is 4.79 Å². The van der Waals surface area contributed by atoms with Crippen molar-refractivity contribution in [3.63, 3.8) is 0 Å². The highest BCUT2D eigenvalue weighted by Gasteiger charge is 2.23. The van der Waals surface area contributed by atoms with Gasteiger partial charge in [0.1, 0.15) is 15.6 Å². The molecule has 0 aliphatic heterocycles. The first-order valence-electron chi connectivity index (χ1n) is 9.11. The highest BCUT2D eigenvalue weighted by atomic mass is 35.5. The van der Waals surface area contributed by atoms with Gasteiger partial charge in [0, 0.05) is 28.9 Å². The molecule has 2 heterocycles. The Morgan fingerprint density at radius 3 is 2.55 bits per heavy atom. The van der Waals surface area contributed by atoms with Crippen molar-refractivity contribution in [1.29, 1.82) is 0 Å². The van der Waals surface area contributed by atoms with Crippen LogP contribution in [0.2, 0.25) is 10.0 Å². The topological polar surface area (TPSA) is 57.5 Å². The summed E-state index contributed by atoms with van der Waals surface area (Å²) >= 11 is 13.8. The van der Waals surface area contributed by atoms with Crippen LogP contribution in [0.1, 0.15) is 44.8 Å². The van der Waals surface area contributed by atoms with E-state index in [1.807, 2.05) is 19.9 Å². The second kappa shape index (κ2) is 8.78. The number of Topliss-reactive ketones (excluding diaryl/α,β-unsaturated/α-hetero) is 1. The predicted molar refractivity (Wildman–Crippen MR) is 117 cm³/mol. The lowest BCUT2D eigenvalue weighted by Gasteiger charge is -2.08. The Morgan fingerprint density at radius 1 is 1.17 bits per heavy atom. The number of nitrogens with zero attached hydrogens (tertiary/aromatic N) is 1. The number of esters is 1. The Kier molecular flexibility index (Phi) is 6.56. The number of ether oxygens (including phenoxy) is 2. The summed E-state index contributed by atoms with van der Waals surface area (Å²) in [5.41, 5.74) is 2.46. The van der Waals surface area contributed by atoms with Crippen LogP contribution >= 0.6 is 34.5 Å². The number of halogens is 2. The molecule has 0 radical (unpaired) electrons. The van der Waals surface area contributed by atoms with E-state index in [1.54, 1.807) is 12.1 Å². The number of hydrogen-bond acceptors (Lipinski definition) is 5. The van der Waals surface area contributed by atoms with Crippen molar-refractivity contribution >= 4 is 56.4 Å². The summed E-state index contributed by atoms with van der Waals surface area (Å²) in [5, 5.41) is 1.28. The number of methoxy groups -OCH3 is 1. The lowest BCUT2D eigenvalue weighted by molar-refractivity contribution is 0.0479. The molecule has 0 bridgehead atoms. The molecule has 0 N–H and O–H groups in total. The Labute approximate surface area is 183 Å². The van der Waals surface area contributed by atoms with Crippen molar-refractivity contribution in [2.75, 3.05) is 13.7 Å². The Balaban J connectivity index is 1.79. The van der Waals surface area contributed by atoms with Gasteiger partial charge in [0.15, 0.2) is 6.61 Å². The van der Waals surface area contributed by atoms with E-state index in [1.165, 1.54) is 7.11 Å². The number of fused-ring (bicyclic) bond motifs is 1. The maximum absolute atomic E-state index is 12.6. The second-order valence-electron chi connectivity index (χ2n) is 6.64. The molecule has 0 aliphatic rings. The van der Waals surface area contributed by atoms with Crippen LogP contribution in [0.4, 0.5) is 0 Å². The molecule has 1 aromatic carbocycles. The van der Waals surface area contributed by atoms with Crippen molar-refractivity contribution in [1.82, 2.24) is 4.57 Å². The summed E-state index contributed by atoms with van der Waals surface area (Å²) in [6, 6.07) is 5.26. The van der Waals surface area contributed by atoms with E-state index in [4.69, 9.17) is 32.7 Å². The van der Waals surface area contributed by atoms with Gasteiger partial charge in [-0.05, 0) is 38.5 Å². The normalized spacial score (nSPS) is 11.1. The fraction of sp³-hybridized carbons (Fsp3) is 0.333. The molecule has 3 aromatic rings. The van der Waals surface area contributed by atoms with Gasteiger partial charge in [-0.25, -0.2) is 4.79 Å². The summed E-state index contributed by atoms with van der Waals surface area (Å²) in [6.45, 7) is 6.43. The molecule has 154 valence electrons. The Bertz CT molecular complexity index is 1100. The fourth-order valence-electron chi connectivity index (χ4n) is 3.29. The van der Waals surface area contributed by atoms with Crippen molar-refractivity contribution in [3.8, 4) is 5.75 Å². The molecule has 0 fully saturated rings. The summed E-state index contributed by atoms with van der Waals surface area (Å²) in [7, 11) is 1.51. The zero-order valence-electron chi connectivity index (χ0n) is 16.6. The minimum absolute atomic E-state index is 0.209. The quantitative estimate of drug-likeness (QED) is 0.321. The Morgan fingerprint density at radius 2 is 1.90 bits per heavy atom. The molecular weight excluding hydrogens is 433 g/mol. The summed E-state index contributed by atoms with van der Waals surface area (Å²) in [6.07, 6.45) is 0.969. The van der Waals surface area contributed by atoms with Crippen LogP contribution in [0.3, 0.4) is 0 Å². The van der Waals surface area contributed by atoms with E-state index in [-0.39, 0.29) is 22.3 Å². The molecule has 29 heavy (non-hydrogen) atoms. The summed E-state index contributed by atoms with van der Waals surface area (Å²) < 4.78 is 13.2. The van der Waals surface area contributed by atoms with Crippen LogP contribution < -0.4 is 4.74 Å². The van der Waals surface area contributed by atoms with Crippen molar-refractivity contribution in [2.24, 2.45) is 0 Å². The number of carbonyl (C=O) groups is 2. The van der Waals surface area contributed by atoms with Crippen LogP contribution in [0.25, 0.3) is 10.1 Å². The molecule has 3 rings (SSSR count). The minimum atomic E-state index is -0.651. The first-order valence-corrected chi connectivity index (χ1v) is 10.7. The number of benzene rings is 1. The molecule has 0 saturated carbocycles. The average molecular weight is 454 g/mol. The van der Waals surface area contributed by atoms with Crippen LogP contribution in [0.5, 0.6) is 5.75 Å². The number of carbonyl (C=O) groups excluding carboxylic acids is 2. The van der Waals surface area contributed by atoms with Crippen molar-refractivity contribution in [3.05, 3.63) is 50.1 Å². The van der Waals surface area contributed by atoms with Gasteiger partial charge >= 0.3 is 5.97 Å². The van der Waals surface area contributed by atoms with Gasteiger partial charge in [-0.1, -0.05) is 30.1 Å². The van der Waals surface area contributed by atoms with E-state index >= 15 is 0 Å². The number of rotatable bonds is 7. The molecule has 5 nitrogen and oxygen atoms in total. The zero-order valence-corrected chi connectivity index (χ0v) is 18.9. The van der Waals surface area contributed by atoms with E-state index in [2.05, 4.69) is 11.5 Å². The molecule has 0 amide bonds. The highest BCUT2D eigenvalue weighted by Crippen LogP contribution is 2.43. The van der Waals surface area contributed by atoms with Gasteiger partial charge in [0.25, 0.3) is 0 Å². The maximum Gasteiger partial charge on any atom is 0.350 e. The van der Waals surface area contributed by atoms with Crippen LogP contribution in [-0.2, 0) is 11.3 Å². The largest absolute Gasteiger partial charge is 0.495 e. The van der Waals surface area contributed by atoms with Gasteiger partial charge in [0.2, 0.25) is 5.78 Å². The molecule has 0 spiro atoms. The minimum Gasteiger partial charge on any atom is -0.495 e. The van der Waals surface area contributed by atoms with Crippen molar-refractivity contribution < 1.29 is 19.1 Å². The van der Waals surface area contributed by atoms with Crippen LogP contribution in [-0.4, -0.2) is 30.0 Å². The lowest BCUT2D eigenvalue weighted by atomic mass is 10.1. The van der Waals surface area contributed by atoms with Gasteiger partial charge in [-0.15, -0.1) is 11.3 Å². The highest BCUT2D eigenvalue weighted by molar-refractivity contribution is 7.22. The number of aromatic nitrogens is 1. The zero-order chi connectivity index (χ0) is 21.3. The first-order chi connectivity index (χ1) is 13.8. The van der Waals surface area contributed by atoms with E-state index in [0.29, 0.717) is 26.4 Å². The van der Waals surface area contributed by atoms with Crippen LogP contribution in [0.15, 0.2) is 18.2 Å². The number of aryl methyl sites for hydroxylation is 1. The molecule has 0 unspecified atom stereocenters. The van der Waals surface area contributed by atoms with Gasteiger partial charge in [-0.2, -0.15) is 0 Å². The summed E-state index contributed by atoms with van der Waals surface area (Å²) in [4.78, 5) is 25.4. The van der Waals surface area contributed by atoms with Crippen molar-refractivity contribution in [2.45, 2.75) is 33.7 Å². The van der Waals surface area contributed by atoms with Gasteiger partial charge in [0.05, 0.1) is 16.8 Å². The molecule has 0 atom stereocenters. The molecule has 8 heteroatoms. The number of ketones is 1.